The summed E-state index contributed by atoms with van der Waals surface area (Å²) in [6, 6.07) is 2.07. The Labute approximate surface area is 142 Å². The fourth-order valence-electron chi connectivity index (χ4n) is 2.99. The van der Waals surface area contributed by atoms with Gasteiger partial charge in [-0.25, -0.2) is 4.79 Å². The first-order valence-electron chi connectivity index (χ1n) is 8.62. The summed E-state index contributed by atoms with van der Waals surface area (Å²) in [6.45, 7) is 5.70. The summed E-state index contributed by atoms with van der Waals surface area (Å²) in [4.78, 5) is 26.2. The van der Waals surface area contributed by atoms with E-state index in [-0.39, 0.29) is 11.9 Å². The molecule has 1 N–H and O–H groups in total. The van der Waals surface area contributed by atoms with Crippen LogP contribution in [0.15, 0.2) is 6.07 Å². The Kier molecular flexibility index (Phi) is 6.63. The lowest BCUT2D eigenvalue weighted by atomic mass is 10.1. The number of ether oxygens (including phenoxy) is 1. The standard InChI is InChI=1S/C18H27NO3S/c1-4-15-12(2)11-16(23-15)18(21)22-13(3)17(20)19-14-9-7-5-6-8-10-14/h11,13-14H,4-10H2,1-3H3,(H,19,20)/t13-/m0/s1. The van der Waals surface area contributed by atoms with Crippen LogP contribution >= 0.6 is 11.3 Å². The summed E-state index contributed by atoms with van der Waals surface area (Å²) in [7, 11) is 0. The Hall–Kier alpha value is -1.36. The minimum absolute atomic E-state index is 0.186. The molecule has 2 rings (SSSR count). The molecule has 0 unspecified atom stereocenters. The van der Waals surface area contributed by atoms with Crippen molar-refractivity contribution in [3.05, 3.63) is 21.4 Å². The lowest BCUT2D eigenvalue weighted by Crippen LogP contribution is -2.41. The molecule has 23 heavy (non-hydrogen) atoms. The predicted molar refractivity (Wildman–Crippen MR) is 92.9 cm³/mol. The number of amides is 1. The lowest BCUT2D eigenvalue weighted by molar-refractivity contribution is -0.129. The van der Waals surface area contributed by atoms with Gasteiger partial charge in [0.2, 0.25) is 0 Å². The molecule has 1 fully saturated rings. The molecule has 0 saturated heterocycles. The highest BCUT2D eigenvalue weighted by atomic mass is 32.1. The second kappa shape index (κ2) is 8.48. The number of nitrogens with one attached hydrogen (secondary N) is 1. The summed E-state index contributed by atoms with van der Waals surface area (Å²) in [5.74, 6) is -0.587. The van der Waals surface area contributed by atoms with E-state index in [2.05, 4.69) is 12.2 Å². The third-order valence-electron chi connectivity index (χ3n) is 4.40. The molecule has 0 spiro atoms. The number of esters is 1. The zero-order valence-electron chi connectivity index (χ0n) is 14.3. The third-order valence-corrected chi connectivity index (χ3v) is 5.76. The van der Waals surface area contributed by atoms with Crippen LogP contribution in [0.5, 0.6) is 0 Å². The van der Waals surface area contributed by atoms with Crippen LogP contribution in [0.3, 0.4) is 0 Å². The fraction of sp³-hybridized carbons (Fsp3) is 0.667. The van der Waals surface area contributed by atoms with E-state index >= 15 is 0 Å². The average molecular weight is 337 g/mol. The van der Waals surface area contributed by atoms with Crippen molar-refractivity contribution in [2.75, 3.05) is 0 Å². The van der Waals surface area contributed by atoms with Crippen molar-refractivity contribution in [2.24, 2.45) is 0 Å². The first kappa shape index (κ1) is 18.0. The Morgan fingerprint density at radius 1 is 1.30 bits per heavy atom. The number of carbonyl (C=O) groups is 2. The predicted octanol–water partition coefficient (Wildman–Crippen LogP) is 4.00. The van der Waals surface area contributed by atoms with Gasteiger partial charge in [-0.1, -0.05) is 32.6 Å². The third kappa shape index (κ3) is 5.06. The topological polar surface area (TPSA) is 55.4 Å². The summed E-state index contributed by atoms with van der Waals surface area (Å²) >= 11 is 1.45. The Morgan fingerprint density at radius 3 is 2.52 bits per heavy atom. The van der Waals surface area contributed by atoms with E-state index in [0.717, 1.165) is 37.7 Å². The highest BCUT2D eigenvalue weighted by molar-refractivity contribution is 7.14. The first-order valence-corrected chi connectivity index (χ1v) is 9.43. The minimum atomic E-state index is -0.752. The zero-order chi connectivity index (χ0) is 16.8. The molecule has 5 heteroatoms. The van der Waals surface area contributed by atoms with Crippen LogP contribution in [-0.4, -0.2) is 24.0 Å². The van der Waals surface area contributed by atoms with Gasteiger partial charge in [0, 0.05) is 10.9 Å². The van der Waals surface area contributed by atoms with Gasteiger partial charge >= 0.3 is 5.97 Å². The van der Waals surface area contributed by atoms with Gasteiger partial charge in [-0.3, -0.25) is 4.79 Å². The van der Waals surface area contributed by atoms with Gasteiger partial charge in [-0.15, -0.1) is 11.3 Å². The molecule has 1 aromatic rings. The van der Waals surface area contributed by atoms with Crippen LogP contribution in [0.25, 0.3) is 0 Å². The second-order valence-corrected chi connectivity index (χ2v) is 7.45. The summed E-state index contributed by atoms with van der Waals surface area (Å²) in [5.41, 5.74) is 1.11. The van der Waals surface area contributed by atoms with Gasteiger partial charge in [0.15, 0.2) is 6.10 Å². The van der Waals surface area contributed by atoms with Gasteiger partial charge in [-0.05, 0) is 44.7 Å². The maximum Gasteiger partial charge on any atom is 0.349 e. The van der Waals surface area contributed by atoms with Crippen molar-refractivity contribution in [3.8, 4) is 0 Å². The molecule has 4 nitrogen and oxygen atoms in total. The van der Waals surface area contributed by atoms with E-state index in [0.29, 0.717) is 4.88 Å². The van der Waals surface area contributed by atoms with E-state index in [9.17, 15) is 9.59 Å². The van der Waals surface area contributed by atoms with Crippen molar-refractivity contribution in [1.82, 2.24) is 5.32 Å². The molecule has 1 atom stereocenters. The quantitative estimate of drug-likeness (QED) is 0.652. The summed E-state index contributed by atoms with van der Waals surface area (Å²) < 4.78 is 5.34. The molecular formula is C18H27NO3S. The zero-order valence-corrected chi connectivity index (χ0v) is 15.1. The van der Waals surface area contributed by atoms with E-state index < -0.39 is 12.1 Å². The van der Waals surface area contributed by atoms with Crippen molar-refractivity contribution >= 4 is 23.2 Å². The molecular weight excluding hydrogens is 310 g/mol. The Morgan fingerprint density at radius 2 is 1.96 bits per heavy atom. The molecule has 0 radical (unpaired) electrons. The molecule has 1 aromatic heterocycles. The van der Waals surface area contributed by atoms with Crippen molar-refractivity contribution < 1.29 is 14.3 Å². The summed E-state index contributed by atoms with van der Waals surface area (Å²) in [5, 5.41) is 3.03. The number of rotatable bonds is 5. The fourth-order valence-corrected chi connectivity index (χ4v) is 3.98. The highest BCUT2D eigenvalue weighted by Crippen LogP contribution is 2.23. The molecule has 1 saturated carbocycles. The van der Waals surface area contributed by atoms with E-state index in [1.54, 1.807) is 6.92 Å². The molecule has 128 valence electrons. The smallest absolute Gasteiger partial charge is 0.349 e. The van der Waals surface area contributed by atoms with E-state index in [1.165, 1.54) is 29.1 Å². The highest BCUT2D eigenvalue weighted by Gasteiger charge is 2.23. The lowest BCUT2D eigenvalue weighted by Gasteiger charge is -2.19. The molecule has 0 bridgehead atoms. The molecule has 1 heterocycles. The van der Waals surface area contributed by atoms with Crippen molar-refractivity contribution in [1.29, 1.82) is 0 Å². The average Bonchev–Trinajstić information content (AvgIpc) is 2.72. The van der Waals surface area contributed by atoms with Gasteiger partial charge < -0.3 is 10.1 Å². The van der Waals surface area contributed by atoms with Gasteiger partial charge in [0.25, 0.3) is 5.91 Å². The van der Waals surface area contributed by atoms with Gasteiger partial charge in [0.1, 0.15) is 4.88 Å². The van der Waals surface area contributed by atoms with E-state index in [1.807, 2.05) is 13.0 Å². The van der Waals surface area contributed by atoms with Crippen molar-refractivity contribution in [3.63, 3.8) is 0 Å². The SMILES string of the molecule is CCc1sc(C(=O)O[C@@H](C)C(=O)NC2CCCCCC2)cc1C. The number of aryl methyl sites for hydroxylation is 2. The van der Waals surface area contributed by atoms with Crippen LogP contribution in [0.1, 0.15) is 72.5 Å². The Balaban J connectivity index is 1.87. The van der Waals surface area contributed by atoms with Crippen LogP contribution < -0.4 is 5.32 Å². The largest absolute Gasteiger partial charge is 0.448 e. The summed E-state index contributed by atoms with van der Waals surface area (Å²) in [6.07, 6.45) is 7.01. The first-order chi connectivity index (χ1) is 11.0. The maximum atomic E-state index is 12.2. The normalized spacial score (nSPS) is 17.3. The number of hydrogen-bond acceptors (Lipinski definition) is 4. The van der Waals surface area contributed by atoms with Gasteiger partial charge in [0.05, 0.1) is 0 Å². The van der Waals surface area contributed by atoms with Crippen LogP contribution in [0.4, 0.5) is 0 Å². The number of thiophene rings is 1. The van der Waals surface area contributed by atoms with Crippen LogP contribution in [0, 0.1) is 6.92 Å². The number of carbonyl (C=O) groups excluding carboxylic acids is 2. The van der Waals surface area contributed by atoms with Crippen LogP contribution in [0.2, 0.25) is 0 Å². The molecule has 1 aliphatic rings. The molecule has 0 aliphatic heterocycles. The molecule has 0 aromatic carbocycles. The maximum absolute atomic E-state index is 12.2. The second-order valence-electron chi connectivity index (χ2n) is 6.32. The van der Waals surface area contributed by atoms with E-state index in [4.69, 9.17) is 4.74 Å². The Bertz CT molecular complexity index is 544. The molecule has 1 amide bonds. The minimum Gasteiger partial charge on any atom is -0.448 e. The van der Waals surface area contributed by atoms with Crippen molar-refractivity contribution in [2.45, 2.75) is 77.9 Å². The number of hydrogen-bond donors (Lipinski definition) is 1. The van der Waals surface area contributed by atoms with Crippen LogP contribution in [-0.2, 0) is 16.0 Å². The monoisotopic (exact) mass is 337 g/mol. The molecule has 1 aliphatic carbocycles. The van der Waals surface area contributed by atoms with Gasteiger partial charge in [-0.2, -0.15) is 0 Å².